The number of thiophene rings is 1. The van der Waals surface area contributed by atoms with Crippen molar-refractivity contribution in [2.75, 3.05) is 19.6 Å². The fraction of sp³-hybridized carbons (Fsp3) is 0.267. The van der Waals surface area contributed by atoms with Crippen molar-refractivity contribution in [3.05, 3.63) is 56.7 Å². The molecule has 0 saturated heterocycles. The fourth-order valence-corrected chi connectivity index (χ4v) is 3.48. The SMILES string of the molecule is Cl.NCCN(CCc1ccccc1)C(=O)c1sccc1Br. The maximum atomic E-state index is 12.5. The van der Waals surface area contributed by atoms with Crippen LogP contribution in [0, 0.1) is 0 Å². The summed E-state index contributed by atoms with van der Waals surface area (Å²) < 4.78 is 0.856. The predicted molar refractivity (Wildman–Crippen MR) is 94.4 cm³/mol. The van der Waals surface area contributed by atoms with E-state index in [4.69, 9.17) is 5.73 Å². The van der Waals surface area contributed by atoms with Gasteiger partial charge in [0.1, 0.15) is 4.88 Å². The minimum absolute atomic E-state index is 0. The van der Waals surface area contributed by atoms with Gasteiger partial charge in [-0.2, -0.15) is 0 Å². The molecule has 2 N–H and O–H groups in total. The van der Waals surface area contributed by atoms with Gasteiger partial charge in [0, 0.05) is 24.1 Å². The van der Waals surface area contributed by atoms with Crippen LogP contribution in [0.5, 0.6) is 0 Å². The van der Waals surface area contributed by atoms with Crippen LogP contribution in [0.1, 0.15) is 15.2 Å². The second kappa shape index (κ2) is 9.20. The monoisotopic (exact) mass is 388 g/mol. The molecule has 1 heterocycles. The number of hydrogen-bond acceptors (Lipinski definition) is 3. The zero-order valence-corrected chi connectivity index (χ0v) is 14.7. The van der Waals surface area contributed by atoms with Crippen molar-refractivity contribution in [1.82, 2.24) is 4.90 Å². The first-order chi connectivity index (χ1) is 9.72. The molecule has 0 fully saturated rings. The quantitative estimate of drug-likeness (QED) is 0.821. The lowest BCUT2D eigenvalue weighted by Gasteiger charge is -2.21. The Morgan fingerprint density at radius 2 is 1.90 bits per heavy atom. The number of rotatable bonds is 6. The lowest BCUT2D eigenvalue weighted by atomic mass is 10.1. The summed E-state index contributed by atoms with van der Waals surface area (Å²) in [4.78, 5) is 15.1. The zero-order chi connectivity index (χ0) is 14.4. The molecule has 2 rings (SSSR count). The first-order valence-corrected chi connectivity index (χ1v) is 8.16. The van der Waals surface area contributed by atoms with E-state index >= 15 is 0 Å². The lowest BCUT2D eigenvalue weighted by Crippen LogP contribution is -2.36. The van der Waals surface area contributed by atoms with Crippen LogP contribution < -0.4 is 5.73 Å². The number of carbonyl (C=O) groups excluding carboxylic acids is 1. The third-order valence-electron chi connectivity index (χ3n) is 3.01. The molecule has 1 aromatic heterocycles. The average Bonchev–Trinajstić information content (AvgIpc) is 2.90. The number of amides is 1. The maximum Gasteiger partial charge on any atom is 0.265 e. The van der Waals surface area contributed by atoms with Gasteiger partial charge in [-0.25, -0.2) is 0 Å². The highest BCUT2D eigenvalue weighted by Gasteiger charge is 2.18. The second-order valence-corrected chi connectivity index (χ2v) is 6.18. The molecule has 1 amide bonds. The van der Waals surface area contributed by atoms with Crippen LogP contribution in [0.4, 0.5) is 0 Å². The summed E-state index contributed by atoms with van der Waals surface area (Å²) in [7, 11) is 0. The van der Waals surface area contributed by atoms with Crippen molar-refractivity contribution in [1.29, 1.82) is 0 Å². The molecule has 114 valence electrons. The Bertz CT molecular complexity index is 562. The molecular weight excluding hydrogens is 372 g/mol. The molecular formula is C15H18BrClN2OS. The maximum absolute atomic E-state index is 12.5. The summed E-state index contributed by atoms with van der Waals surface area (Å²) in [5.41, 5.74) is 6.85. The zero-order valence-electron chi connectivity index (χ0n) is 11.5. The Labute approximate surface area is 143 Å². The number of nitrogens with two attached hydrogens (primary N) is 1. The molecule has 1 aromatic carbocycles. The largest absolute Gasteiger partial charge is 0.336 e. The molecule has 0 radical (unpaired) electrons. The molecule has 0 aliphatic rings. The van der Waals surface area contributed by atoms with Crippen molar-refractivity contribution in [3.63, 3.8) is 0 Å². The highest BCUT2D eigenvalue weighted by molar-refractivity contribution is 9.10. The van der Waals surface area contributed by atoms with Gasteiger partial charge in [0.05, 0.1) is 0 Å². The molecule has 21 heavy (non-hydrogen) atoms. The van der Waals surface area contributed by atoms with E-state index in [0.29, 0.717) is 19.6 Å². The van der Waals surface area contributed by atoms with Crippen molar-refractivity contribution < 1.29 is 4.79 Å². The average molecular weight is 390 g/mol. The highest BCUT2D eigenvalue weighted by Crippen LogP contribution is 2.24. The van der Waals surface area contributed by atoms with Crippen LogP contribution >= 0.6 is 39.7 Å². The third kappa shape index (κ3) is 5.11. The standard InChI is InChI=1S/C15H17BrN2OS.ClH/c16-13-7-11-20-14(13)15(19)18(10-8-17)9-6-12-4-2-1-3-5-12;/h1-5,7,11H,6,8-10,17H2;1H. The minimum atomic E-state index is 0. The smallest absolute Gasteiger partial charge is 0.265 e. The molecule has 3 nitrogen and oxygen atoms in total. The summed E-state index contributed by atoms with van der Waals surface area (Å²) in [6.07, 6.45) is 0.843. The van der Waals surface area contributed by atoms with Gasteiger partial charge >= 0.3 is 0 Å². The number of halogens is 2. The topological polar surface area (TPSA) is 46.3 Å². The van der Waals surface area contributed by atoms with E-state index < -0.39 is 0 Å². The summed E-state index contributed by atoms with van der Waals surface area (Å²) in [6, 6.07) is 12.1. The third-order valence-corrected chi connectivity index (χ3v) is 4.84. The van der Waals surface area contributed by atoms with Gasteiger partial charge in [-0.3, -0.25) is 4.79 Å². The Kier molecular flexibility index (Phi) is 7.96. The Balaban J connectivity index is 0.00000220. The van der Waals surface area contributed by atoms with Gasteiger partial charge < -0.3 is 10.6 Å². The highest BCUT2D eigenvalue weighted by atomic mass is 79.9. The van der Waals surface area contributed by atoms with Crippen LogP contribution in [0.25, 0.3) is 0 Å². The predicted octanol–water partition coefficient (Wildman–Crippen LogP) is 3.58. The molecule has 6 heteroatoms. The van der Waals surface area contributed by atoms with Crippen LogP contribution in [0.15, 0.2) is 46.3 Å². The number of benzene rings is 1. The van der Waals surface area contributed by atoms with Crippen molar-refractivity contribution >= 4 is 45.6 Å². The molecule has 2 aromatic rings. The van der Waals surface area contributed by atoms with Gasteiger partial charge in [0.25, 0.3) is 5.91 Å². The van der Waals surface area contributed by atoms with Crippen molar-refractivity contribution in [3.8, 4) is 0 Å². The molecule has 0 aliphatic heterocycles. The van der Waals surface area contributed by atoms with Crippen LogP contribution in [0.2, 0.25) is 0 Å². The van der Waals surface area contributed by atoms with E-state index in [9.17, 15) is 4.79 Å². The van der Waals surface area contributed by atoms with Gasteiger partial charge in [-0.1, -0.05) is 30.3 Å². The molecule has 0 atom stereocenters. The van der Waals surface area contributed by atoms with Gasteiger partial charge in [-0.15, -0.1) is 23.7 Å². The van der Waals surface area contributed by atoms with Crippen LogP contribution in [-0.2, 0) is 6.42 Å². The first-order valence-electron chi connectivity index (χ1n) is 6.48. The van der Waals surface area contributed by atoms with Crippen LogP contribution in [-0.4, -0.2) is 30.4 Å². The lowest BCUT2D eigenvalue weighted by molar-refractivity contribution is 0.0766. The number of nitrogens with zero attached hydrogens (tertiary/aromatic N) is 1. The van der Waals surface area contributed by atoms with E-state index in [0.717, 1.165) is 15.8 Å². The Morgan fingerprint density at radius 1 is 1.19 bits per heavy atom. The molecule has 0 aliphatic carbocycles. The normalized spacial score (nSPS) is 10.0. The summed E-state index contributed by atoms with van der Waals surface area (Å²) in [5, 5.41) is 1.91. The van der Waals surface area contributed by atoms with E-state index in [1.807, 2.05) is 34.5 Å². The fourth-order valence-electron chi connectivity index (χ4n) is 1.97. The molecule has 0 saturated carbocycles. The van der Waals surface area contributed by atoms with Crippen molar-refractivity contribution in [2.45, 2.75) is 6.42 Å². The molecule has 0 bridgehead atoms. The van der Waals surface area contributed by atoms with Gasteiger partial charge in [0.15, 0.2) is 0 Å². The summed E-state index contributed by atoms with van der Waals surface area (Å²) in [5.74, 6) is 0.0493. The molecule has 0 spiro atoms. The second-order valence-electron chi connectivity index (χ2n) is 4.41. The van der Waals surface area contributed by atoms with E-state index in [-0.39, 0.29) is 18.3 Å². The summed E-state index contributed by atoms with van der Waals surface area (Å²) in [6.45, 7) is 1.74. The van der Waals surface area contributed by atoms with E-state index in [1.54, 1.807) is 0 Å². The van der Waals surface area contributed by atoms with E-state index in [1.165, 1.54) is 16.9 Å². The Hall–Kier alpha value is -0.880. The molecule has 0 unspecified atom stereocenters. The minimum Gasteiger partial charge on any atom is -0.336 e. The summed E-state index contributed by atoms with van der Waals surface area (Å²) >= 11 is 4.87. The Morgan fingerprint density at radius 3 is 2.48 bits per heavy atom. The number of hydrogen-bond donors (Lipinski definition) is 1. The first kappa shape index (κ1) is 18.2. The number of carbonyl (C=O) groups is 1. The van der Waals surface area contributed by atoms with Gasteiger partial charge in [-0.05, 0) is 39.4 Å². The van der Waals surface area contributed by atoms with Crippen LogP contribution in [0.3, 0.4) is 0 Å². The van der Waals surface area contributed by atoms with E-state index in [2.05, 4.69) is 28.1 Å². The van der Waals surface area contributed by atoms with Gasteiger partial charge in [0.2, 0.25) is 0 Å². The van der Waals surface area contributed by atoms with Crippen molar-refractivity contribution in [2.24, 2.45) is 5.73 Å².